The number of quaternary nitrogens is 1. The van der Waals surface area contributed by atoms with Gasteiger partial charge in [-0.2, -0.15) is 0 Å². The van der Waals surface area contributed by atoms with Gasteiger partial charge in [0.15, 0.2) is 11.5 Å². The lowest BCUT2D eigenvalue weighted by molar-refractivity contribution is -0.906. The zero-order valence-electron chi connectivity index (χ0n) is 11.0. The maximum Gasteiger partial charge on any atom is 0.161 e. The summed E-state index contributed by atoms with van der Waals surface area (Å²) in [5, 5.41) is 10.6. The molecule has 0 heterocycles. The van der Waals surface area contributed by atoms with Crippen LogP contribution >= 0.6 is 0 Å². The summed E-state index contributed by atoms with van der Waals surface area (Å²) in [7, 11) is 3.16. The number of likely N-dealkylation sites (N-methyl/N-ethyl adjacent to an activating group) is 1. The van der Waals surface area contributed by atoms with Gasteiger partial charge in [-0.25, -0.2) is 0 Å². The molecule has 1 atom stereocenters. The number of benzene rings is 1. The first-order valence-electron chi connectivity index (χ1n) is 5.85. The maximum absolute atomic E-state index is 10.6. The largest absolute Gasteiger partial charge is 0.544 e. The van der Waals surface area contributed by atoms with Crippen LogP contribution in [0.4, 0.5) is 0 Å². The maximum atomic E-state index is 10.6. The van der Waals surface area contributed by atoms with Gasteiger partial charge >= 0.3 is 0 Å². The average Bonchev–Trinajstić information content (AvgIpc) is 2.37. The zero-order valence-corrected chi connectivity index (χ0v) is 11.0. The highest BCUT2D eigenvalue weighted by Crippen LogP contribution is 2.27. The highest BCUT2D eigenvalue weighted by atomic mass is 16.5. The molecule has 1 unspecified atom stereocenters. The number of carboxylic acids is 1. The molecule has 0 aliphatic rings. The Balaban J connectivity index is 2.80. The minimum absolute atomic E-state index is 0.00481. The van der Waals surface area contributed by atoms with Gasteiger partial charge in [0.1, 0.15) is 13.1 Å². The lowest BCUT2D eigenvalue weighted by atomic mass is 10.2. The number of carbonyl (C=O) groups excluding carboxylic acids is 1. The molecule has 0 amide bonds. The van der Waals surface area contributed by atoms with Crippen LogP contribution in [0.5, 0.6) is 11.5 Å². The summed E-state index contributed by atoms with van der Waals surface area (Å²) in [6.07, 6.45) is 0. The molecule has 1 rings (SSSR count). The van der Waals surface area contributed by atoms with Crippen LogP contribution in [-0.2, 0) is 11.3 Å². The van der Waals surface area contributed by atoms with Crippen molar-refractivity contribution in [3.05, 3.63) is 23.8 Å². The van der Waals surface area contributed by atoms with Gasteiger partial charge in [0, 0.05) is 5.56 Å². The standard InChI is InChI=1S/C13H19NO4/c1-4-14(9-13(15)16)8-10-5-6-11(17-2)12(7-10)18-3/h5-7H,4,8-9H2,1-3H3,(H,15,16). The van der Waals surface area contributed by atoms with Gasteiger partial charge in [0.2, 0.25) is 0 Å². The summed E-state index contributed by atoms with van der Waals surface area (Å²) in [5.41, 5.74) is 1.01. The molecule has 0 spiro atoms. The molecular formula is C13H19NO4. The van der Waals surface area contributed by atoms with Crippen LogP contribution in [0.25, 0.3) is 0 Å². The number of ether oxygens (including phenoxy) is 2. The number of aliphatic carboxylic acids is 1. The first-order valence-corrected chi connectivity index (χ1v) is 5.85. The molecule has 0 aliphatic heterocycles. The SMILES string of the molecule is CC[NH+](CC(=O)[O-])Cc1ccc(OC)c(OC)c1. The van der Waals surface area contributed by atoms with E-state index in [-0.39, 0.29) is 6.54 Å². The van der Waals surface area contributed by atoms with Crippen LogP contribution in [0.15, 0.2) is 18.2 Å². The molecule has 5 nitrogen and oxygen atoms in total. The van der Waals surface area contributed by atoms with Crippen molar-refractivity contribution in [2.24, 2.45) is 0 Å². The molecule has 0 aromatic heterocycles. The Hall–Kier alpha value is -1.75. The zero-order chi connectivity index (χ0) is 13.5. The predicted molar refractivity (Wildman–Crippen MR) is 64.6 cm³/mol. The summed E-state index contributed by atoms with van der Waals surface area (Å²) < 4.78 is 10.4. The van der Waals surface area contributed by atoms with Crippen molar-refractivity contribution in [1.29, 1.82) is 0 Å². The van der Waals surface area contributed by atoms with Gasteiger partial charge in [0.25, 0.3) is 0 Å². The van der Waals surface area contributed by atoms with Crippen molar-refractivity contribution in [3.63, 3.8) is 0 Å². The van der Waals surface area contributed by atoms with E-state index in [9.17, 15) is 9.90 Å². The van der Waals surface area contributed by atoms with E-state index in [1.165, 1.54) is 0 Å². The van der Waals surface area contributed by atoms with Crippen molar-refractivity contribution >= 4 is 5.97 Å². The minimum atomic E-state index is -1.03. The van der Waals surface area contributed by atoms with Gasteiger partial charge in [-0.05, 0) is 25.1 Å². The molecule has 1 aromatic carbocycles. The van der Waals surface area contributed by atoms with E-state index in [1.807, 2.05) is 25.1 Å². The number of hydrogen-bond donors (Lipinski definition) is 1. The van der Waals surface area contributed by atoms with Gasteiger partial charge in [-0.3, -0.25) is 0 Å². The second kappa shape index (κ2) is 6.86. The summed E-state index contributed by atoms with van der Waals surface area (Å²) in [6, 6.07) is 5.59. The van der Waals surface area contributed by atoms with E-state index in [4.69, 9.17) is 9.47 Å². The molecule has 18 heavy (non-hydrogen) atoms. The number of hydrogen-bond acceptors (Lipinski definition) is 4. The van der Waals surface area contributed by atoms with E-state index < -0.39 is 5.97 Å². The quantitative estimate of drug-likeness (QED) is 0.667. The molecule has 0 radical (unpaired) electrons. The molecule has 0 fully saturated rings. The van der Waals surface area contributed by atoms with E-state index >= 15 is 0 Å². The number of methoxy groups -OCH3 is 2. The Morgan fingerprint density at radius 3 is 2.44 bits per heavy atom. The van der Waals surface area contributed by atoms with Gasteiger partial charge < -0.3 is 24.3 Å². The second-order valence-corrected chi connectivity index (χ2v) is 4.02. The van der Waals surface area contributed by atoms with Crippen molar-refractivity contribution in [3.8, 4) is 11.5 Å². The third-order valence-electron chi connectivity index (χ3n) is 2.80. The molecule has 5 heteroatoms. The summed E-state index contributed by atoms with van der Waals surface area (Å²) >= 11 is 0. The highest BCUT2D eigenvalue weighted by molar-refractivity contribution is 5.65. The molecule has 0 bridgehead atoms. The molecule has 1 N–H and O–H groups in total. The van der Waals surface area contributed by atoms with Crippen LogP contribution in [0.3, 0.4) is 0 Å². The summed E-state index contributed by atoms with van der Waals surface area (Å²) in [4.78, 5) is 11.5. The van der Waals surface area contributed by atoms with Gasteiger partial charge in [-0.1, -0.05) is 0 Å². The highest BCUT2D eigenvalue weighted by Gasteiger charge is 2.10. The van der Waals surface area contributed by atoms with Crippen LogP contribution in [0.2, 0.25) is 0 Å². The lowest BCUT2D eigenvalue weighted by Crippen LogP contribution is -3.11. The second-order valence-electron chi connectivity index (χ2n) is 4.02. The fraction of sp³-hybridized carbons (Fsp3) is 0.462. The predicted octanol–water partition coefficient (Wildman–Crippen LogP) is -1.14. The molecular weight excluding hydrogens is 234 g/mol. The molecule has 0 saturated heterocycles. The Kier molecular flexibility index (Phi) is 5.45. The van der Waals surface area contributed by atoms with Crippen LogP contribution < -0.4 is 19.5 Å². The smallest absolute Gasteiger partial charge is 0.161 e. The van der Waals surface area contributed by atoms with Crippen molar-refractivity contribution < 1.29 is 24.3 Å². The summed E-state index contributed by atoms with van der Waals surface area (Å²) in [5.74, 6) is 0.283. The number of carbonyl (C=O) groups is 1. The Labute approximate surface area is 107 Å². The minimum Gasteiger partial charge on any atom is -0.544 e. The Morgan fingerprint density at radius 1 is 1.28 bits per heavy atom. The fourth-order valence-electron chi connectivity index (χ4n) is 1.80. The first-order chi connectivity index (χ1) is 8.60. The van der Waals surface area contributed by atoms with Gasteiger partial charge in [0.05, 0.1) is 26.7 Å². The number of rotatable bonds is 7. The van der Waals surface area contributed by atoms with E-state index in [1.54, 1.807) is 14.2 Å². The topological polar surface area (TPSA) is 63.0 Å². The third kappa shape index (κ3) is 3.92. The van der Waals surface area contributed by atoms with E-state index in [0.717, 1.165) is 17.0 Å². The number of nitrogens with one attached hydrogen (secondary N) is 1. The van der Waals surface area contributed by atoms with Crippen molar-refractivity contribution in [2.45, 2.75) is 13.5 Å². The average molecular weight is 253 g/mol. The monoisotopic (exact) mass is 253 g/mol. The summed E-state index contributed by atoms with van der Waals surface area (Å²) in [6.45, 7) is 3.29. The van der Waals surface area contributed by atoms with Crippen LogP contribution in [-0.4, -0.2) is 33.3 Å². The first kappa shape index (κ1) is 14.3. The van der Waals surface area contributed by atoms with Gasteiger partial charge in [-0.15, -0.1) is 0 Å². The number of carboxylic acid groups (broad SMARTS) is 1. The molecule has 0 saturated carbocycles. The van der Waals surface area contributed by atoms with E-state index in [2.05, 4.69) is 0 Å². The van der Waals surface area contributed by atoms with E-state index in [0.29, 0.717) is 18.0 Å². The van der Waals surface area contributed by atoms with Crippen molar-refractivity contribution in [1.82, 2.24) is 0 Å². The van der Waals surface area contributed by atoms with Crippen LogP contribution in [0.1, 0.15) is 12.5 Å². The van der Waals surface area contributed by atoms with Crippen LogP contribution in [0, 0.1) is 0 Å². The molecule has 0 aliphatic carbocycles. The third-order valence-corrected chi connectivity index (χ3v) is 2.80. The molecule has 100 valence electrons. The van der Waals surface area contributed by atoms with Crippen molar-refractivity contribution in [2.75, 3.05) is 27.3 Å². The Morgan fingerprint density at radius 2 is 1.94 bits per heavy atom. The Bertz CT molecular complexity index is 406. The normalized spacial score (nSPS) is 11.9. The fourth-order valence-corrected chi connectivity index (χ4v) is 1.80. The lowest BCUT2D eigenvalue weighted by Gasteiger charge is -2.18. The molecule has 1 aromatic rings.